The number of nitrogens with one attached hydrogen (secondary N) is 1. The lowest BCUT2D eigenvalue weighted by Crippen LogP contribution is -2.42. The number of carbonyl (C=O) groups excluding carboxylic acids is 1. The van der Waals surface area contributed by atoms with Gasteiger partial charge in [-0.2, -0.15) is 0 Å². The van der Waals surface area contributed by atoms with Crippen molar-refractivity contribution in [1.29, 1.82) is 0 Å². The van der Waals surface area contributed by atoms with Gasteiger partial charge in [0.05, 0.1) is 12.6 Å². The van der Waals surface area contributed by atoms with Gasteiger partial charge < -0.3 is 10.4 Å². The number of hydrogen-bond donors (Lipinski definition) is 2. The Kier molecular flexibility index (Phi) is 5.56. The van der Waals surface area contributed by atoms with Crippen LogP contribution < -0.4 is 5.32 Å². The van der Waals surface area contributed by atoms with Crippen LogP contribution >= 0.6 is 0 Å². The Morgan fingerprint density at radius 2 is 2.15 bits per heavy atom. The van der Waals surface area contributed by atoms with Crippen LogP contribution in [-0.4, -0.2) is 41.7 Å². The summed E-state index contributed by atoms with van der Waals surface area (Å²) in [5.74, 6) is -0.0117. The molecule has 110 valence electrons. The molecule has 0 radical (unpaired) electrons. The number of benzene rings is 1. The minimum atomic E-state index is -0.287. The zero-order valence-electron chi connectivity index (χ0n) is 12.1. The fraction of sp³-hybridized carbons (Fsp3) is 0.562. The van der Waals surface area contributed by atoms with Gasteiger partial charge in [0.25, 0.3) is 0 Å². The summed E-state index contributed by atoms with van der Waals surface area (Å²) in [5, 5.41) is 12.5. The Balaban J connectivity index is 1.81. The van der Waals surface area contributed by atoms with E-state index in [1.807, 2.05) is 17.0 Å². The normalized spacial score (nSPS) is 19.8. The third-order valence-corrected chi connectivity index (χ3v) is 3.62. The molecule has 0 saturated carbocycles. The first-order chi connectivity index (χ1) is 9.67. The molecule has 4 nitrogen and oxygen atoms in total. The molecule has 1 atom stereocenters. The maximum absolute atomic E-state index is 12.0. The van der Waals surface area contributed by atoms with Crippen LogP contribution in [0.15, 0.2) is 24.3 Å². The van der Waals surface area contributed by atoms with E-state index in [2.05, 4.69) is 24.4 Å². The zero-order valence-corrected chi connectivity index (χ0v) is 12.1. The van der Waals surface area contributed by atoms with E-state index in [9.17, 15) is 9.90 Å². The van der Waals surface area contributed by atoms with Crippen molar-refractivity contribution in [3.05, 3.63) is 29.8 Å². The minimum Gasteiger partial charge on any atom is -0.392 e. The molecule has 1 heterocycles. The highest BCUT2D eigenvalue weighted by molar-refractivity contribution is 5.92. The van der Waals surface area contributed by atoms with Gasteiger partial charge in [0.2, 0.25) is 5.91 Å². The van der Waals surface area contributed by atoms with Gasteiger partial charge in [0.15, 0.2) is 0 Å². The fourth-order valence-corrected chi connectivity index (χ4v) is 2.62. The fourth-order valence-electron chi connectivity index (χ4n) is 2.62. The van der Waals surface area contributed by atoms with Crippen LogP contribution in [0.2, 0.25) is 0 Å². The highest BCUT2D eigenvalue weighted by Gasteiger charge is 2.19. The Hall–Kier alpha value is -1.39. The Bertz CT molecular complexity index is 431. The van der Waals surface area contributed by atoms with Crippen LogP contribution in [0.3, 0.4) is 0 Å². The molecule has 4 heteroatoms. The van der Waals surface area contributed by atoms with Gasteiger partial charge >= 0.3 is 0 Å². The van der Waals surface area contributed by atoms with E-state index in [0.717, 1.165) is 37.9 Å². The Labute approximate surface area is 120 Å². The van der Waals surface area contributed by atoms with E-state index < -0.39 is 0 Å². The van der Waals surface area contributed by atoms with E-state index in [1.165, 1.54) is 5.56 Å². The summed E-state index contributed by atoms with van der Waals surface area (Å²) in [4.78, 5) is 14.0. The SMILES string of the molecule is CCCc1ccc(NC(=O)CN2CCC[C@H](O)C2)cc1. The Morgan fingerprint density at radius 3 is 2.80 bits per heavy atom. The zero-order chi connectivity index (χ0) is 14.4. The van der Waals surface area contributed by atoms with E-state index in [0.29, 0.717) is 13.1 Å². The molecule has 0 aromatic heterocycles. The van der Waals surface area contributed by atoms with Gasteiger partial charge in [-0.05, 0) is 43.5 Å². The van der Waals surface area contributed by atoms with Crippen molar-refractivity contribution in [2.24, 2.45) is 0 Å². The summed E-state index contributed by atoms with van der Waals surface area (Å²) >= 11 is 0. The number of aliphatic hydroxyl groups excluding tert-OH is 1. The van der Waals surface area contributed by atoms with E-state index in [-0.39, 0.29) is 12.0 Å². The molecule has 1 aromatic rings. The number of amides is 1. The number of hydrogen-bond acceptors (Lipinski definition) is 3. The second-order valence-electron chi connectivity index (χ2n) is 5.53. The number of β-amino-alcohol motifs (C(OH)–C–C–N with tert-alkyl or cyclic N) is 1. The lowest BCUT2D eigenvalue weighted by molar-refractivity contribution is -0.118. The summed E-state index contributed by atoms with van der Waals surface area (Å²) in [6.07, 6.45) is 3.71. The molecule has 0 bridgehead atoms. The molecule has 2 rings (SSSR count). The summed E-state index contributed by atoms with van der Waals surface area (Å²) in [7, 11) is 0. The van der Waals surface area contributed by atoms with Gasteiger partial charge in [0.1, 0.15) is 0 Å². The van der Waals surface area contributed by atoms with Crippen LogP contribution in [0, 0.1) is 0 Å². The van der Waals surface area contributed by atoms with Crippen LogP contribution in [-0.2, 0) is 11.2 Å². The number of rotatable bonds is 5. The van der Waals surface area contributed by atoms with Crippen LogP contribution in [0.4, 0.5) is 5.69 Å². The Morgan fingerprint density at radius 1 is 1.40 bits per heavy atom. The van der Waals surface area contributed by atoms with Gasteiger partial charge in [-0.25, -0.2) is 0 Å². The molecule has 20 heavy (non-hydrogen) atoms. The van der Waals surface area contributed by atoms with Crippen molar-refractivity contribution < 1.29 is 9.90 Å². The second-order valence-corrected chi connectivity index (χ2v) is 5.53. The van der Waals surface area contributed by atoms with Crippen molar-refractivity contribution in [1.82, 2.24) is 4.90 Å². The molecular formula is C16H24N2O2. The molecular weight excluding hydrogens is 252 g/mol. The summed E-state index contributed by atoms with van der Waals surface area (Å²) in [6.45, 7) is 4.00. The van der Waals surface area contributed by atoms with Crippen LogP contribution in [0.25, 0.3) is 0 Å². The number of anilines is 1. The maximum Gasteiger partial charge on any atom is 0.238 e. The molecule has 1 aliphatic rings. The minimum absolute atomic E-state index is 0.0117. The summed E-state index contributed by atoms with van der Waals surface area (Å²) < 4.78 is 0. The van der Waals surface area contributed by atoms with E-state index in [4.69, 9.17) is 0 Å². The molecule has 1 fully saturated rings. The lowest BCUT2D eigenvalue weighted by Gasteiger charge is -2.29. The monoisotopic (exact) mass is 276 g/mol. The predicted molar refractivity (Wildman–Crippen MR) is 80.7 cm³/mol. The van der Waals surface area contributed by atoms with Gasteiger partial charge in [-0.3, -0.25) is 9.69 Å². The number of aliphatic hydroxyl groups is 1. The van der Waals surface area contributed by atoms with Gasteiger partial charge in [-0.1, -0.05) is 25.5 Å². The molecule has 0 spiro atoms. The molecule has 1 aliphatic heterocycles. The topological polar surface area (TPSA) is 52.6 Å². The largest absolute Gasteiger partial charge is 0.392 e. The lowest BCUT2D eigenvalue weighted by atomic mass is 10.1. The first kappa shape index (κ1) is 15.0. The second kappa shape index (κ2) is 7.41. The van der Waals surface area contributed by atoms with Gasteiger partial charge in [-0.15, -0.1) is 0 Å². The number of piperidine rings is 1. The molecule has 2 N–H and O–H groups in total. The smallest absolute Gasteiger partial charge is 0.238 e. The van der Waals surface area contributed by atoms with Crippen molar-refractivity contribution >= 4 is 11.6 Å². The van der Waals surface area contributed by atoms with E-state index >= 15 is 0 Å². The molecule has 1 aromatic carbocycles. The third kappa shape index (κ3) is 4.62. The summed E-state index contributed by atoms with van der Waals surface area (Å²) in [5.41, 5.74) is 2.14. The van der Waals surface area contributed by atoms with Crippen molar-refractivity contribution in [3.63, 3.8) is 0 Å². The van der Waals surface area contributed by atoms with Crippen molar-refractivity contribution in [3.8, 4) is 0 Å². The van der Waals surface area contributed by atoms with Crippen LogP contribution in [0.5, 0.6) is 0 Å². The van der Waals surface area contributed by atoms with Crippen LogP contribution in [0.1, 0.15) is 31.7 Å². The first-order valence-electron chi connectivity index (χ1n) is 7.46. The standard InChI is InChI=1S/C16H24N2O2/c1-2-4-13-6-8-14(9-7-13)17-16(20)12-18-10-3-5-15(19)11-18/h6-9,15,19H,2-5,10-12H2,1H3,(H,17,20)/t15-/m0/s1. The maximum atomic E-state index is 12.0. The number of aryl methyl sites for hydroxylation is 1. The molecule has 0 unspecified atom stereocenters. The average molecular weight is 276 g/mol. The van der Waals surface area contributed by atoms with Crippen molar-refractivity contribution in [2.75, 3.05) is 25.0 Å². The highest BCUT2D eigenvalue weighted by atomic mass is 16.3. The number of nitrogens with zero attached hydrogens (tertiary/aromatic N) is 1. The number of likely N-dealkylation sites (tertiary alicyclic amines) is 1. The first-order valence-corrected chi connectivity index (χ1v) is 7.46. The molecule has 1 amide bonds. The third-order valence-electron chi connectivity index (χ3n) is 3.62. The molecule has 0 aliphatic carbocycles. The quantitative estimate of drug-likeness (QED) is 0.865. The van der Waals surface area contributed by atoms with E-state index in [1.54, 1.807) is 0 Å². The average Bonchev–Trinajstić information content (AvgIpc) is 2.41. The predicted octanol–water partition coefficient (Wildman–Crippen LogP) is 2.03. The molecule has 1 saturated heterocycles. The summed E-state index contributed by atoms with van der Waals surface area (Å²) in [6, 6.07) is 8.02. The van der Waals surface area contributed by atoms with Crippen molar-refractivity contribution in [2.45, 2.75) is 38.7 Å². The highest BCUT2D eigenvalue weighted by Crippen LogP contribution is 2.12. The van der Waals surface area contributed by atoms with Gasteiger partial charge in [0, 0.05) is 12.2 Å². The number of carbonyl (C=O) groups is 1.